The Labute approximate surface area is 208 Å². The van der Waals surface area contributed by atoms with E-state index in [1.165, 1.54) is 0 Å². The number of rotatable bonds is 7. The molecule has 0 unspecified atom stereocenters. The van der Waals surface area contributed by atoms with Crippen LogP contribution in [0.4, 0.5) is 18.9 Å². The second-order valence-electron chi connectivity index (χ2n) is 8.46. The Kier molecular flexibility index (Phi) is 7.85. The van der Waals surface area contributed by atoms with Gasteiger partial charge in [0.25, 0.3) is 5.91 Å². The van der Waals surface area contributed by atoms with Crippen molar-refractivity contribution in [3.63, 3.8) is 0 Å². The monoisotopic (exact) mass is 522 g/mol. The molecule has 0 bridgehead atoms. The first-order chi connectivity index (χ1) is 16.7. The molecule has 4 rings (SSSR count). The van der Waals surface area contributed by atoms with E-state index in [-0.39, 0.29) is 35.7 Å². The highest BCUT2D eigenvalue weighted by atomic mass is 32.2. The number of alkyl halides is 3. The number of thiazole rings is 1. The maximum absolute atomic E-state index is 13.0. The van der Waals surface area contributed by atoms with Crippen LogP contribution in [0, 0.1) is 5.92 Å². The van der Waals surface area contributed by atoms with Gasteiger partial charge in [-0.3, -0.25) is 9.59 Å². The Morgan fingerprint density at radius 2 is 1.91 bits per heavy atom. The van der Waals surface area contributed by atoms with Crippen LogP contribution < -0.4 is 16.4 Å². The van der Waals surface area contributed by atoms with Crippen LogP contribution in [-0.2, 0) is 11.0 Å². The van der Waals surface area contributed by atoms with Crippen molar-refractivity contribution in [3.05, 3.63) is 53.6 Å². The third-order valence-corrected chi connectivity index (χ3v) is 8.35. The summed E-state index contributed by atoms with van der Waals surface area (Å²) in [7, 11) is 0. The van der Waals surface area contributed by atoms with Gasteiger partial charge in [-0.25, -0.2) is 4.98 Å². The number of fused-ring (bicyclic) bond motifs is 1. The molecule has 1 fully saturated rings. The molecule has 1 heterocycles. The second-order valence-corrected chi connectivity index (χ2v) is 10.8. The molecule has 0 saturated heterocycles. The number of nitrogens with two attached hydrogens (primary N) is 1. The number of benzene rings is 2. The Balaban J connectivity index is 1.31. The maximum Gasteiger partial charge on any atom is 0.416 e. The Bertz CT molecular complexity index is 1180. The van der Waals surface area contributed by atoms with E-state index in [4.69, 9.17) is 5.73 Å². The smallest absolute Gasteiger partial charge is 0.398 e. The van der Waals surface area contributed by atoms with Crippen LogP contribution in [0.3, 0.4) is 0 Å². The lowest BCUT2D eigenvalue weighted by Crippen LogP contribution is -2.47. The van der Waals surface area contributed by atoms with Gasteiger partial charge in [0.1, 0.15) is 0 Å². The predicted octanol–water partition coefficient (Wildman–Crippen LogP) is 5.09. The van der Waals surface area contributed by atoms with Gasteiger partial charge in [0.05, 0.1) is 27.9 Å². The fourth-order valence-corrected chi connectivity index (χ4v) is 6.46. The minimum atomic E-state index is -4.60. The van der Waals surface area contributed by atoms with Crippen molar-refractivity contribution in [2.75, 3.05) is 18.0 Å². The third kappa shape index (κ3) is 6.46. The second kappa shape index (κ2) is 10.9. The molecular formula is C24H25F3N4O2S2. The van der Waals surface area contributed by atoms with Crippen LogP contribution in [0.5, 0.6) is 0 Å². The van der Waals surface area contributed by atoms with Crippen LogP contribution in [0.2, 0.25) is 0 Å². The molecular weight excluding hydrogens is 497 g/mol. The number of nitrogens with one attached hydrogen (secondary N) is 2. The number of halogens is 3. The van der Waals surface area contributed by atoms with Gasteiger partial charge in [-0.2, -0.15) is 13.2 Å². The van der Waals surface area contributed by atoms with E-state index < -0.39 is 17.6 Å². The number of hydrogen-bond donors (Lipinski definition) is 3. The van der Waals surface area contributed by atoms with Crippen LogP contribution in [0.15, 0.2) is 46.8 Å². The molecule has 0 radical (unpaired) electrons. The first kappa shape index (κ1) is 25.3. The summed E-state index contributed by atoms with van der Waals surface area (Å²) in [5.41, 5.74) is 5.28. The Morgan fingerprint density at radius 3 is 2.69 bits per heavy atom. The van der Waals surface area contributed by atoms with Gasteiger partial charge >= 0.3 is 6.18 Å². The van der Waals surface area contributed by atoms with Gasteiger partial charge in [0.2, 0.25) is 5.91 Å². The number of anilines is 1. The predicted molar refractivity (Wildman–Crippen MR) is 132 cm³/mol. The summed E-state index contributed by atoms with van der Waals surface area (Å²) < 4.78 is 41.0. The van der Waals surface area contributed by atoms with E-state index in [1.807, 2.05) is 24.3 Å². The van der Waals surface area contributed by atoms with Gasteiger partial charge in [0, 0.05) is 17.5 Å². The highest BCUT2D eigenvalue weighted by Crippen LogP contribution is 2.34. The Morgan fingerprint density at radius 1 is 1.14 bits per heavy atom. The van der Waals surface area contributed by atoms with Crippen molar-refractivity contribution < 1.29 is 22.8 Å². The first-order valence-corrected chi connectivity index (χ1v) is 13.0. The third-order valence-electron chi connectivity index (χ3n) is 5.99. The van der Waals surface area contributed by atoms with E-state index in [9.17, 15) is 22.8 Å². The van der Waals surface area contributed by atoms with Crippen LogP contribution >= 0.6 is 23.1 Å². The lowest BCUT2D eigenvalue weighted by atomic mass is 9.86. The molecule has 1 saturated carbocycles. The van der Waals surface area contributed by atoms with Crippen LogP contribution in [-0.4, -0.2) is 35.1 Å². The first-order valence-electron chi connectivity index (χ1n) is 11.2. The molecule has 4 N–H and O–H groups in total. The van der Waals surface area contributed by atoms with E-state index in [0.29, 0.717) is 6.07 Å². The molecule has 1 aliphatic rings. The molecule has 0 spiro atoms. The van der Waals surface area contributed by atoms with Gasteiger partial charge in [-0.05, 0) is 49.1 Å². The summed E-state index contributed by atoms with van der Waals surface area (Å²) in [4.78, 5) is 29.6. The normalized spacial score (nSPS) is 18.4. The number of carbonyl (C=O) groups excluding carboxylic acids is 2. The molecule has 11 heteroatoms. The molecule has 3 aromatic rings. The fraction of sp³-hybridized carbons (Fsp3) is 0.375. The summed E-state index contributed by atoms with van der Waals surface area (Å²) in [6, 6.07) is 10.5. The summed E-state index contributed by atoms with van der Waals surface area (Å²) in [6.07, 6.45) is -0.690. The quantitative estimate of drug-likeness (QED) is 0.297. The van der Waals surface area contributed by atoms with Gasteiger partial charge in [-0.15, -0.1) is 11.3 Å². The topological polar surface area (TPSA) is 97.1 Å². The van der Waals surface area contributed by atoms with E-state index in [2.05, 4.69) is 15.6 Å². The molecule has 2 amide bonds. The van der Waals surface area contributed by atoms with Crippen molar-refractivity contribution in [1.82, 2.24) is 15.6 Å². The van der Waals surface area contributed by atoms with Crippen LogP contribution in [0.1, 0.15) is 41.6 Å². The molecule has 186 valence electrons. The lowest BCUT2D eigenvalue weighted by molar-refractivity contribution is -0.137. The van der Waals surface area contributed by atoms with Crippen molar-refractivity contribution in [2.45, 2.75) is 42.2 Å². The average molecular weight is 523 g/mol. The summed E-state index contributed by atoms with van der Waals surface area (Å²) in [5, 5.41) is 5.38. The SMILES string of the molecule is Nc1ccc(C(F)(F)F)cc1C(=O)NCC(=O)N[C@H]1CCCC[C@H]1CSc1nc2ccccc2s1. The molecule has 1 aromatic heterocycles. The number of nitrogen functional groups attached to an aromatic ring is 1. The largest absolute Gasteiger partial charge is 0.416 e. The van der Waals surface area contributed by atoms with E-state index in [1.54, 1.807) is 23.1 Å². The minimum absolute atomic E-state index is 0.0337. The average Bonchev–Trinajstić information content (AvgIpc) is 3.24. The zero-order valence-electron chi connectivity index (χ0n) is 18.7. The summed E-state index contributed by atoms with van der Waals surface area (Å²) in [5.74, 6) is -0.126. The molecule has 0 aliphatic heterocycles. The van der Waals surface area contributed by atoms with E-state index >= 15 is 0 Å². The van der Waals surface area contributed by atoms with Crippen molar-refractivity contribution in [3.8, 4) is 0 Å². The summed E-state index contributed by atoms with van der Waals surface area (Å²) in [6.45, 7) is -0.344. The number of thioether (sulfide) groups is 1. The molecule has 6 nitrogen and oxygen atoms in total. The number of para-hydroxylation sites is 1. The number of hydrogen-bond acceptors (Lipinski definition) is 6. The maximum atomic E-state index is 13.0. The lowest BCUT2D eigenvalue weighted by Gasteiger charge is -2.32. The molecule has 2 aromatic carbocycles. The van der Waals surface area contributed by atoms with Crippen molar-refractivity contribution in [1.29, 1.82) is 0 Å². The van der Waals surface area contributed by atoms with Crippen LogP contribution in [0.25, 0.3) is 10.2 Å². The zero-order valence-corrected chi connectivity index (χ0v) is 20.4. The summed E-state index contributed by atoms with van der Waals surface area (Å²) >= 11 is 3.33. The van der Waals surface area contributed by atoms with E-state index in [0.717, 1.165) is 58.1 Å². The van der Waals surface area contributed by atoms with Crippen molar-refractivity contribution in [2.24, 2.45) is 5.92 Å². The van der Waals surface area contributed by atoms with Gasteiger partial charge < -0.3 is 16.4 Å². The number of amides is 2. The zero-order chi connectivity index (χ0) is 25.0. The number of carbonyl (C=O) groups is 2. The Hall–Kier alpha value is -2.79. The highest BCUT2D eigenvalue weighted by molar-refractivity contribution is 8.01. The highest BCUT2D eigenvalue weighted by Gasteiger charge is 2.32. The van der Waals surface area contributed by atoms with Crippen molar-refractivity contribution >= 4 is 50.8 Å². The number of nitrogens with zero attached hydrogens (tertiary/aromatic N) is 1. The minimum Gasteiger partial charge on any atom is -0.398 e. The standard InChI is InChI=1S/C24H25F3N4O2S2/c25-24(26,27)15-9-10-17(28)16(11-15)22(33)29-12-21(32)30-18-6-2-1-5-14(18)13-34-23-31-19-7-3-4-8-20(19)35-23/h3-4,7-11,14,18H,1-2,5-6,12-13,28H2,(H,29,33)(H,30,32)/t14-,18-/m0/s1. The number of aromatic nitrogens is 1. The van der Waals surface area contributed by atoms with Gasteiger partial charge in [-0.1, -0.05) is 36.7 Å². The molecule has 2 atom stereocenters. The molecule has 35 heavy (non-hydrogen) atoms. The molecule has 1 aliphatic carbocycles. The van der Waals surface area contributed by atoms with Gasteiger partial charge in [0.15, 0.2) is 4.34 Å². The fourth-order valence-electron chi connectivity index (χ4n) is 4.13.